The molecule has 8 nitrogen and oxygen atoms in total. The molecular formula is C24H31N3O5. The standard InChI is InChI=1S/C24H31N3O5/c1-14(2)32-19-11-15(3)21(16(4)12-19)22(28)27-20(23(29)30)13-25-24(31)26-17(5)18-9-7-6-8-10-18/h6-12,14,17,20H,13H2,1-5H3,(H,27,28)(H,29,30)(H2,25,26,31)/t17-,20+/m1/s1. The first-order chi connectivity index (χ1) is 15.1. The summed E-state index contributed by atoms with van der Waals surface area (Å²) in [4.78, 5) is 36.7. The van der Waals surface area contributed by atoms with Crippen molar-refractivity contribution < 1.29 is 24.2 Å². The fourth-order valence-electron chi connectivity index (χ4n) is 3.32. The second-order valence-electron chi connectivity index (χ2n) is 7.95. The van der Waals surface area contributed by atoms with Crippen molar-refractivity contribution in [3.63, 3.8) is 0 Å². The Kier molecular flexibility index (Phi) is 8.63. The quantitative estimate of drug-likeness (QED) is 0.476. The van der Waals surface area contributed by atoms with Crippen LogP contribution >= 0.6 is 0 Å². The van der Waals surface area contributed by atoms with Gasteiger partial charge < -0.3 is 25.8 Å². The molecule has 0 saturated carbocycles. The van der Waals surface area contributed by atoms with E-state index in [2.05, 4.69) is 16.0 Å². The van der Waals surface area contributed by atoms with Gasteiger partial charge in [-0.1, -0.05) is 30.3 Å². The van der Waals surface area contributed by atoms with E-state index < -0.39 is 23.9 Å². The third-order valence-electron chi connectivity index (χ3n) is 4.82. The van der Waals surface area contributed by atoms with Crippen LogP contribution in [-0.4, -0.2) is 41.7 Å². The number of carboxylic acid groups (broad SMARTS) is 1. The number of urea groups is 1. The molecule has 0 aromatic heterocycles. The van der Waals surface area contributed by atoms with Crippen LogP contribution in [0.25, 0.3) is 0 Å². The summed E-state index contributed by atoms with van der Waals surface area (Å²) in [5.74, 6) is -1.12. The van der Waals surface area contributed by atoms with Crippen molar-refractivity contribution in [1.29, 1.82) is 0 Å². The molecular weight excluding hydrogens is 410 g/mol. The molecule has 0 aliphatic rings. The zero-order valence-electron chi connectivity index (χ0n) is 19.1. The molecule has 2 rings (SSSR count). The van der Waals surface area contributed by atoms with Crippen molar-refractivity contribution in [2.24, 2.45) is 0 Å². The molecule has 0 aliphatic carbocycles. The molecule has 0 unspecified atom stereocenters. The summed E-state index contributed by atoms with van der Waals surface area (Å²) < 4.78 is 5.68. The molecule has 2 atom stereocenters. The fraction of sp³-hybridized carbons (Fsp3) is 0.375. The highest BCUT2D eigenvalue weighted by Crippen LogP contribution is 2.23. The van der Waals surface area contributed by atoms with Gasteiger partial charge in [0.2, 0.25) is 0 Å². The SMILES string of the molecule is Cc1cc(OC(C)C)cc(C)c1C(=O)N[C@@H](CNC(=O)N[C@H](C)c1ccccc1)C(=O)O. The summed E-state index contributed by atoms with van der Waals surface area (Å²) in [6.07, 6.45) is -0.00769. The van der Waals surface area contributed by atoms with E-state index in [1.165, 1.54) is 0 Å². The highest BCUT2D eigenvalue weighted by atomic mass is 16.5. The number of rotatable bonds is 9. The first-order valence-corrected chi connectivity index (χ1v) is 10.5. The Bertz CT molecular complexity index is 936. The first kappa shape index (κ1) is 24.7. The van der Waals surface area contributed by atoms with Crippen LogP contribution in [0.2, 0.25) is 0 Å². The summed E-state index contributed by atoms with van der Waals surface area (Å²) in [6.45, 7) is 8.91. The molecule has 172 valence electrons. The lowest BCUT2D eigenvalue weighted by atomic mass is 10.0. The Morgan fingerprint density at radius 1 is 0.969 bits per heavy atom. The number of aliphatic carboxylic acids is 1. The number of carbonyl (C=O) groups excluding carboxylic acids is 2. The van der Waals surface area contributed by atoms with Crippen LogP contribution in [0.4, 0.5) is 4.79 Å². The molecule has 0 spiro atoms. The minimum atomic E-state index is -1.29. The van der Waals surface area contributed by atoms with Crippen LogP contribution in [0.5, 0.6) is 5.75 Å². The monoisotopic (exact) mass is 441 g/mol. The van der Waals surface area contributed by atoms with Crippen molar-refractivity contribution >= 4 is 17.9 Å². The lowest BCUT2D eigenvalue weighted by Gasteiger charge is -2.20. The maximum atomic E-state index is 12.8. The summed E-state index contributed by atoms with van der Waals surface area (Å²) in [5.41, 5.74) is 2.64. The van der Waals surface area contributed by atoms with Crippen LogP contribution in [0.1, 0.15) is 53.9 Å². The topological polar surface area (TPSA) is 117 Å². The van der Waals surface area contributed by atoms with Crippen molar-refractivity contribution in [3.8, 4) is 5.75 Å². The van der Waals surface area contributed by atoms with E-state index in [1.807, 2.05) is 51.1 Å². The van der Waals surface area contributed by atoms with Crippen LogP contribution in [0, 0.1) is 13.8 Å². The van der Waals surface area contributed by atoms with Gasteiger partial charge in [0.15, 0.2) is 0 Å². The molecule has 0 heterocycles. The van der Waals surface area contributed by atoms with E-state index in [1.54, 1.807) is 26.0 Å². The highest BCUT2D eigenvalue weighted by molar-refractivity contribution is 5.99. The van der Waals surface area contributed by atoms with E-state index in [0.717, 1.165) is 5.56 Å². The van der Waals surface area contributed by atoms with E-state index >= 15 is 0 Å². The number of amides is 3. The van der Waals surface area contributed by atoms with Crippen LogP contribution in [-0.2, 0) is 4.79 Å². The van der Waals surface area contributed by atoms with Crippen molar-refractivity contribution in [2.75, 3.05) is 6.54 Å². The van der Waals surface area contributed by atoms with E-state index in [4.69, 9.17) is 4.74 Å². The predicted octanol–water partition coefficient (Wildman–Crippen LogP) is 3.33. The van der Waals surface area contributed by atoms with Gasteiger partial charge in [-0.25, -0.2) is 9.59 Å². The highest BCUT2D eigenvalue weighted by Gasteiger charge is 2.24. The molecule has 0 saturated heterocycles. The number of hydrogen-bond acceptors (Lipinski definition) is 4. The lowest BCUT2D eigenvalue weighted by Crippen LogP contribution is -2.50. The average Bonchev–Trinajstić information content (AvgIpc) is 2.70. The molecule has 2 aromatic carbocycles. The number of aryl methyl sites for hydroxylation is 2. The largest absolute Gasteiger partial charge is 0.491 e. The van der Waals surface area contributed by atoms with Gasteiger partial charge in [-0.2, -0.15) is 0 Å². The minimum absolute atomic E-state index is 0.00769. The van der Waals surface area contributed by atoms with E-state index in [0.29, 0.717) is 22.4 Å². The van der Waals surface area contributed by atoms with Gasteiger partial charge in [-0.15, -0.1) is 0 Å². The van der Waals surface area contributed by atoms with Crippen molar-refractivity contribution in [3.05, 3.63) is 64.7 Å². The van der Waals surface area contributed by atoms with E-state index in [-0.39, 0.29) is 18.7 Å². The number of nitrogens with one attached hydrogen (secondary N) is 3. The molecule has 3 amide bonds. The third kappa shape index (κ3) is 7.01. The maximum Gasteiger partial charge on any atom is 0.328 e. The van der Waals surface area contributed by atoms with Gasteiger partial charge in [0.05, 0.1) is 18.7 Å². The molecule has 0 radical (unpaired) electrons. The van der Waals surface area contributed by atoms with Gasteiger partial charge in [0, 0.05) is 5.56 Å². The van der Waals surface area contributed by atoms with Crippen molar-refractivity contribution in [1.82, 2.24) is 16.0 Å². The normalized spacial score (nSPS) is 12.6. The van der Waals surface area contributed by atoms with Gasteiger partial charge in [-0.3, -0.25) is 4.79 Å². The second-order valence-corrected chi connectivity index (χ2v) is 7.95. The number of ether oxygens (including phenoxy) is 1. The molecule has 4 N–H and O–H groups in total. The van der Waals surface area contributed by atoms with Crippen LogP contribution in [0.15, 0.2) is 42.5 Å². The van der Waals surface area contributed by atoms with Gasteiger partial charge in [-0.05, 0) is 63.4 Å². The summed E-state index contributed by atoms with van der Waals surface area (Å²) >= 11 is 0. The number of benzene rings is 2. The molecule has 8 heteroatoms. The predicted molar refractivity (Wildman–Crippen MR) is 122 cm³/mol. The van der Waals surface area contributed by atoms with Crippen LogP contribution in [0.3, 0.4) is 0 Å². The maximum absolute atomic E-state index is 12.8. The molecule has 0 bridgehead atoms. The van der Waals surface area contributed by atoms with Crippen LogP contribution < -0.4 is 20.7 Å². The Labute approximate surface area is 188 Å². The molecule has 32 heavy (non-hydrogen) atoms. The molecule has 0 aliphatic heterocycles. The Balaban J connectivity index is 2.00. The first-order valence-electron chi connectivity index (χ1n) is 10.5. The number of hydrogen-bond donors (Lipinski definition) is 4. The summed E-state index contributed by atoms with van der Waals surface area (Å²) in [5, 5.41) is 17.3. The van der Waals surface area contributed by atoms with Crippen molar-refractivity contribution in [2.45, 2.75) is 52.8 Å². The Morgan fingerprint density at radius 2 is 1.56 bits per heavy atom. The number of carboxylic acids is 1. The third-order valence-corrected chi connectivity index (χ3v) is 4.82. The minimum Gasteiger partial charge on any atom is -0.491 e. The zero-order valence-corrected chi connectivity index (χ0v) is 19.1. The number of carbonyl (C=O) groups is 3. The lowest BCUT2D eigenvalue weighted by molar-refractivity contribution is -0.139. The zero-order chi connectivity index (χ0) is 23.8. The second kappa shape index (κ2) is 11.2. The van der Waals surface area contributed by atoms with Gasteiger partial charge in [0.25, 0.3) is 5.91 Å². The summed E-state index contributed by atoms with van der Waals surface area (Å²) in [6, 6.07) is 10.8. The van der Waals surface area contributed by atoms with Gasteiger partial charge >= 0.3 is 12.0 Å². The Morgan fingerprint density at radius 3 is 2.09 bits per heavy atom. The Hall–Kier alpha value is -3.55. The van der Waals surface area contributed by atoms with Gasteiger partial charge in [0.1, 0.15) is 11.8 Å². The average molecular weight is 442 g/mol. The smallest absolute Gasteiger partial charge is 0.328 e. The molecule has 0 fully saturated rings. The fourth-order valence-corrected chi connectivity index (χ4v) is 3.32. The summed E-state index contributed by atoms with van der Waals surface area (Å²) in [7, 11) is 0. The van der Waals surface area contributed by atoms with E-state index in [9.17, 15) is 19.5 Å². The molecule has 2 aromatic rings.